The number of carbonyl (C=O) groups is 2. The number of rotatable bonds is 4. The van der Waals surface area contributed by atoms with Crippen LogP contribution in [0.25, 0.3) is 0 Å². The summed E-state index contributed by atoms with van der Waals surface area (Å²) in [7, 11) is 0. The number of aliphatic hydroxyl groups excluding tert-OH is 1. The number of aliphatic hydroxyl groups is 1. The highest BCUT2D eigenvalue weighted by Gasteiger charge is 2.12. The summed E-state index contributed by atoms with van der Waals surface area (Å²) in [6.45, 7) is 0.150. The lowest BCUT2D eigenvalue weighted by Gasteiger charge is -2.05. The molecule has 0 fully saturated rings. The highest BCUT2D eigenvalue weighted by molar-refractivity contribution is 6.39. The molecular weight excluding hydrogens is 227 g/mol. The van der Waals surface area contributed by atoms with Gasteiger partial charge in [0.1, 0.15) is 5.82 Å². The lowest BCUT2D eigenvalue weighted by molar-refractivity contribution is -0.136. The van der Waals surface area contributed by atoms with E-state index in [4.69, 9.17) is 5.11 Å². The molecule has 1 aromatic rings. The maximum atomic E-state index is 12.8. The van der Waals surface area contributed by atoms with Gasteiger partial charge in [0, 0.05) is 18.8 Å². The van der Waals surface area contributed by atoms with E-state index < -0.39 is 17.6 Å². The third-order valence-electron chi connectivity index (χ3n) is 1.91. The van der Waals surface area contributed by atoms with Crippen molar-refractivity contribution in [3.8, 4) is 0 Å². The smallest absolute Gasteiger partial charge is 0.313 e. The largest absolute Gasteiger partial charge is 0.396 e. The number of anilines is 1. The number of amides is 2. The maximum Gasteiger partial charge on any atom is 0.313 e. The van der Waals surface area contributed by atoms with Crippen LogP contribution in [0.3, 0.4) is 0 Å². The predicted octanol–water partition coefficient (Wildman–Crippen LogP) is 0.263. The summed E-state index contributed by atoms with van der Waals surface area (Å²) in [6.07, 6.45) is 0.374. The maximum absolute atomic E-state index is 12.8. The molecule has 6 heteroatoms. The Labute approximate surface area is 97.6 Å². The lowest BCUT2D eigenvalue weighted by Crippen LogP contribution is -2.36. The van der Waals surface area contributed by atoms with E-state index >= 15 is 0 Å². The van der Waals surface area contributed by atoms with Gasteiger partial charge in [-0.3, -0.25) is 9.59 Å². The number of nitrogens with one attached hydrogen (secondary N) is 2. The Morgan fingerprint density at radius 3 is 2.71 bits per heavy atom. The molecule has 0 heterocycles. The number of benzene rings is 1. The van der Waals surface area contributed by atoms with Crippen molar-refractivity contribution in [2.45, 2.75) is 6.42 Å². The predicted molar refractivity (Wildman–Crippen MR) is 59.7 cm³/mol. The van der Waals surface area contributed by atoms with Gasteiger partial charge in [-0.05, 0) is 24.6 Å². The van der Waals surface area contributed by atoms with Crippen LogP contribution in [-0.2, 0) is 9.59 Å². The molecule has 92 valence electrons. The molecule has 3 N–H and O–H groups in total. The normalized spacial score (nSPS) is 9.76. The van der Waals surface area contributed by atoms with Crippen LogP contribution in [0.4, 0.5) is 10.1 Å². The van der Waals surface area contributed by atoms with Crippen molar-refractivity contribution in [2.75, 3.05) is 18.5 Å². The Morgan fingerprint density at radius 1 is 1.29 bits per heavy atom. The van der Waals surface area contributed by atoms with E-state index in [1.165, 1.54) is 18.2 Å². The van der Waals surface area contributed by atoms with Gasteiger partial charge in [0.25, 0.3) is 0 Å². The molecule has 0 aromatic heterocycles. The Balaban J connectivity index is 2.46. The summed E-state index contributed by atoms with van der Waals surface area (Å²) in [5.74, 6) is -2.18. The van der Waals surface area contributed by atoms with Crippen LogP contribution in [0.2, 0.25) is 0 Å². The molecular formula is C11H13FN2O3. The molecule has 0 bridgehead atoms. The van der Waals surface area contributed by atoms with Gasteiger partial charge in [-0.25, -0.2) is 4.39 Å². The summed E-state index contributed by atoms with van der Waals surface area (Å²) in [5.41, 5.74) is 0.215. The standard InChI is InChI=1S/C11H13FN2O3/c12-8-3-1-4-9(7-8)14-11(17)10(16)13-5-2-6-15/h1,3-4,7,15H,2,5-6H2,(H,13,16)(H,14,17). The topological polar surface area (TPSA) is 78.4 Å². The van der Waals surface area contributed by atoms with Crippen molar-refractivity contribution >= 4 is 17.5 Å². The first-order valence-electron chi connectivity index (χ1n) is 5.09. The average molecular weight is 240 g/mol. The highest BCUT2D eigenvalue weighted by atomic mass is 19.1. The first-order chi connectivity index (χ1) is 8.13. The summed E-state index contributed by atoms with van der Waals surface area (Å²) >= 11 is 0. The molecule has 0 unspecified atom stereocenters. The quantitative estimate of drug-likeness (QED) is 0.522. The van der Waals surface area contributed by atoms with Gasteiger partial charge in [0.15, 0.2) is 0 Å². The molecule has 2 amide bonds. The third kappa shape index (κ3) is 4.60. The molecule has 1 rings (SSSR count). The number of hydrogen-bond donors (Lipinski definition) is 3. The van der Waals surface area contributed by atoms with E-state index in [0.717, 1.165) is 6.07 Å². The Bertz CT molecular complexity index is 409. The van der Waals surface area contributed by atoms with E-state index in [-0.39, 0.29) is 18.8 Å². The van der Waals surface area contributed by atoms with Gasteiger partial charge in [-0.1, -0.05) is 6.07 Å². The van der Waals surface area contributed by atoms with Crippen LogP contribution >= 0.6 is 0 Å². The van der Waals surface area contributed by atoms with Gasteiger partial charge in [-0.15, -0.1) is 0 Å². The van der Waals surface area contributed by atoms with Crippen LogP contribution < -0.4 is 10.6 Å². The van der Waals surface area contributed by atoms with Crippen molar-refractivity contribution in [3.05, 3.63) is 30.1 Å². The number of carbonyl (C=O) groups excluding carboxylic acids is 2. The van der Waals surface area contributed by atoms with Crippen molar-refractivity contribution in [1.29, 1.82) is 0 Å². The zero-order chi connectivity index (χ0) is 12.7. The van der Waals surface area contributed by atoms with E-state index in [0.29, 0.717) is 6.42 Å². The lowest BCUT2D eigenvalue weighted by atomic mass is 10.3. The summed E-state index contributed by atoms with van der Waals surface area (Å²) in [5, 5.41) is 13.1. The molecule has 0 atom stereocenters. The highest BCUT2D eigenvalue weighted by Crippen LogP contribution is 2.08. The molecule has 0 saturated carbocycles. The van der Waals surface area contributed by atoms with Gasteiger partial charge in [0.2, 0.25) is 0 Å². The molecule has 0 aliphatic rings. The molecule has 0 spiro atoms. The first-order valence-corrected chi connectivity index (χ1v) is 5.09. The van der Waals surface area contributed by atoms with Gasteiger partial charge < -0.3 is 15.7 Å². The third-order valence-corrected chi connectivity index (χ3v) is 1.91. The zero-order valence-corrected chi connectivity index (χ0v) is 9.07. The monoisotopic (exact) mass is 240 g/mol. The van der Waals surface area contributed by atoms with Crippen LogP contribution in [-0.4, -0.2) is 30.1 Å². The van der Waals surface area contributed by atoms with Gasteiger partial charge in [0.05, 0.1) is 0 Å². The molecule has 0 aliphatic carbocycles. The van der Waals surface area contributed by atoms with E-state index in [1.54, 1.807) is 0 Å². The molecule has 5 nitrogen and oxygen atoms in total. The summed E-state index contributed by atoms with van der Waals surface area (Å²) in [6, 6.07) is 5.24. The Kier molecular flexibility index (Phi) is 5.09. The average Bonchev–Trinajstić information content (AvgIpc) is 2.29. The van der Waals surface area contributed by atoms with Crippen molar-refractivity contribution in [3.63, 3.8) is 0 Å². The molecule has 1 aromatic carbocycles. The first kappa shape index (κ1) is 13.1. The zero-order valence-electron chi connectivity index (χ0n) is 9.07. The van der Waals surface area contributed by atoms with E-state index in [2.05, 4.69) is 10.6 Å². The van der Waals surface area contributed by atoms with Crippen LogP contribution in [0, 0.1) is 5.82 Å². The number of hydrogen-bond acceptors (Lipinski definition) is 3. The van der Waals surface area contributed by atoms with E-state index in [1.807, 2.05) is 0 Å². The second-order valence-corrected chi connectivity index (χ2v) is 3.30. The van der Waals surface area contributed by atoms with Gasteiger partial charge >= 0.3 is 11.8 Å². The fourth-order valence-corrected chi connectivity index (χ4v) is 1.12. The minimum atomic E-state index is -0.867. The van der Waals surface area contributed by atoms with Crippen molar-refractivity contribution in [2.24, 2.45) is 0 Å². The SMILES string of the molecule is O=C(NCCCO)C(=O)Nc1cccc(F)c1. The van der Waals surface area contributed by atoms with Crippen LogP contribution in [0.15, 0.2) is 24.3 Å². The van der Waals surface area contributed by atoms with Crippen molar-refractivity contribution < 1.29 is 19.1 Å². The minimum Gasteiger partial charge on any atom is -0.396 e. The van der Waals surface area contributed by atoms with E-state index in [9.17, 15) is 14.0 Å². The van der Waals surface area contributed by atoms with Crippen LogP contribution in [0.1, 0.15) is 6.42 Å². The Morgan fingerprint density at radius 2 is 2.06 bits per heavy atom. The second kappa shape index (κ2) is 6.59. The van der Waals surface area contributed by atoms with Gasteiger partial charge in [-0.2, -0.15) is 0 Å². The Hall–Kier alpha value is -1.95. The van der Waals surface area contributed by atoms with Crippen LogP contribution in [0.5, 0.6) is 0 Å². The summed E-state index contributed by atoms with van der Waals surface area (Å²) < 4.78 is 12.8. The molecule has 0 saturated heterocycles. The second-order valence-electron chi connectivity index (χ2n) is 3.30. The fourth-order valence-electron chi connectivity index (χ4n) is 1.12. The van der Waals surface area contributed by atoms with Crippen molar-refractivity contribution in [1.82, 2.24) is 5.32 Å². The molecule has 17 heavy (non-hydrogen) atoms. The molecule has 0 aliphatic heterocycles. The number of halogens is 1. The fraction of sp³-hybridized carbons (Fsp3) is 0.273. The summed E-state index contributed by atoms with van der Waals surface area (Å²) in [4.78, 5) is 22.5. The molecule has 0 radical (unpaired) electrons. The minimum absolute atomic E-state index is 0.0637.